The molecule has 1 fully saturated rings. The van der Waals surface area contributed by atoms with E-state index in [0.29, 0.717) is 12.1 Å². The lowest BCUT2D eigenvalue weighted by atomic mass is 9.79. The van der Waals surface area contributed by atoms with Crippen molar-refractivity contribution in [2.24, 2.45) is 0 Å². The van der Waals surface area contributed by atoms with Crippen LogP contribution in [0.5, 0.6) is 0 Å². The smallest absolute Gasteiger partial charge is 0.0315 e. The summed E-state index contributed by atoms with van der Waals surface area (Å²) in [6, 6.07) is 5.04. The van der Waals surface area contributed by atoms with Crippen LogP contribution in [0, 0.1) is 0 Å². The number of aromatic nitrogens is 1. The van der Waals surface area contributed by atoms with Crippen molar-refractivity contribution >= 4 is 0 Å². The molecule has 1 atom stereocenters. The molecule has 106 valence electrons. The second kappa shape index (κ2) is 5.22. The standard InChI is InChI=1S/C16H27N3/c1-12(13-7-6-8-17-11-13)18-14-9-15(2,3)19-16(4,5)10-14/h6-8,11-12,14,18-19H,9-10H2,1-5H3. The van der Waals surface area contributed by atoms with Crippen LogP contribution in [-0.4, -0.2) is 22.1 Å². The topological polar surface area (TPSA) is 37.0 Å². The van der Waals surface area contributed by atoms with Gasteiger partial charge in [0.05, 0.1) is 0 Å². The zero-order chi connectivity index (χ0) is 14.1. The summed E-state index contributed by atoms with van der Waals surface area (Å²) < 4.78 is 0. The van der Waals surface area contributed by atoms with E-state index in [1.54, 1.807) is 0 Å². The zero-order valence-electron chi connectivity index (χ0n) is 12.8. The fraction of sp³-hybridized carbons (Fsp3) is 0.688. The lowest BCUT2D eigenvalue weighted by Crippen LogP contribution is -2.61. The summed E-state index contributed by atoms with van der Waals surface area (Å²) in [6.45, 7) is 11.4. The summed E-state index contributed by atoms with van der Waals surface area (Å²) in [5.74, 6) is 0. The van der Waals surface area contributed by atoms with Crippen molar-refractivity contribution in [3.8, 4) is 0 Å². The SMILES string of the molecule is CC(NC1CC(C)(C)NC(C)(C)C1)c1cccnc1. The Kier molecular flexibility index (Phi) is 3.98. The second-order valence-electron chi connectivity index (χ2n) is 7.17. The lowest BCUT2D eigenvalue weighted by molar-refractivity contribution is 0.141. The average molecular weight is 261 g/mol. The van der Waals surface area contributed by atoms with Crippen molar-refractivity contribution < 1.29 is 0 Å². The van der Waals surface area contributed by atoms with E-state index < -0.39 is 0 Å². The first-order chi connectivity index (χ1) is 8.77. The highest BCUT2D eigenvalue weighted by Gasteiger charge is 2.37. The number of nitrogens with zero attached hydrogens (tertiary/aromatic N) is 1. The van der Waals surface area contributed by atoms with Gasteiger partial charge in [-0.2, -0.15) is 0 Å². The average Bonchev–Trinajstić information content (AvgIpc) is 2.25. The fourth-order valence-corrected chi connectivity index (χ4v) is 3.52. The molecule has 2 heterocycles. The minimum atomic E-state index is 0.189. The van der Waals surface area contributed by atoms with Gasteiger partial charge < -0.3 is 10.6 Å². The van der Waals surface area contributed by atoms with Gasteiger partial charge in [-0.05, 0) is 59.1 Å². The van der Waals surface area contributed by atoms with E-state index in [1.807, 2.05) is 18.5 Å². The first kappa shape index (κ1) is 14.5. The number of hydrogen-bond acceptors (Lipinski definition) is 3. The normalized spacial score (nSPS) is 24.1. The van der Waals surface area contributed by atoms with E-state index in [-0.39, 0.29) is 11.1 Å². The summed E-state index contributed by atoms with van der Waals surface area (Å²) in [4.78, 5) is 4.20. The molecule has 2 N–H and O–H groups in total. The minimum Gasteiger partial charge on any atom is -0.307 e. The molecule has 1 unspecified atom stereocenters. The summed E-state index contributed by atoms with van der Waals surface area (Å²) in [5.41, 5.74) is 1.64. The number of nitrogens with one attached hydrogen (secondary N) is 2. The van der Waals surface area contributed by atoms with Crippen LogP contribution in [0.25, 0.3) is 0 Å². The van der Waals surface area contributed by atoms with Crippen molar-refractivity contribution in [3.63, 3.8) is 0 Å². The van der Waals surface area contributed by atoms with Gasteiger partial charge in [0.15, 0.2) is 0 Å². The minimum absolute atomic E-state index is 0.189. The van der Waals surface area contributed by atoms with Gasteiger partial charge in [-0.25, -0.2) is 0 Å². The van der Waals surface area contributed by atoms with Crippen molar-refractivity contribution in [2.75, 3.05) is 0 Å². The maximum Gasteiger partial charge on any atom is 0.0315 e. The largest absolute Gasteiger partial charge is 0.307 e. The van der Waals surface area contributed by atoms with Crippen molar-refractivity contribution in [1.82, 2.24) is 15.6 Å². The van der Waals surface area contributed by atoms with Crippen LogP contribution in [0.2, 0.25) is 0 Å². The van der Waals surface area contributed by atoms with Crippen LogP contribution in [0.15, 0.2) is 24.5 Å². The Morgan fingerprint density at radius 3 is 2.42 bits per heavy atom. The quantitative estimate of drug-likeness (QED) is 0.878. The molecule has 1 aliphatic rings. The highest BCUT2D eigenvalue weighted by molar-refractivity contribution is 5.13. The molecule has 0 spiro atoms. The summed E-state index contributed by atoms with van der Waals surface area (Å²) in [6.07, 6.45) is 6.09. The van der Waals surface area contributed by atoms with E-state index >= 15 is 0 Å². The molecule has 0 bridgehead atoms. The Morgan fingerprint density at radius 2 is 1.89 bits per heavy atom. The maximum atomic E-state index is 4.20. The third kappa shape index (κ3) is 4.02. The van der Waals surface area contributed by atoms with E-state index in [0.717, 1.165) is 12.8 Å². The third-order valence-corrected chi connectivity index (χ3v) is 3.86. The molecule has 1 saturated heterocycles. The van der Waals surface area contributed by atoms with Crippen molar-refractivity contribution in [1.29, 1.82) is 0 Å². The van der Waals surface area contributed by atoms with E-state index in [1.165, 1.54) is 5.56 Å². The zero-order valence-corrected chi connectivity index (χ0v) is 12.8. The van der Waals surface area contributed by atoms with Crippen molar-refractivity contribution in [3.05, 3.63) is 30.1 Å². The number of hydrogen-bond donors (Lipinski definition) is 2. The van der Waals surface area contributed by atoms with Gasteiger partial charge in [0, 0.05) is 35.6 Å². The Labute approximate surface area is 117 Å². The Balaban J connectivity index is 2.03. The monoisotopic (exact) mass is 261 g/mol. The summed E-state index contributed by atoms with van der Waals surface area (Å²) in [5, 5.41) is 7.49. The molecule has 2 rings (SSSR count). The highest BCUT2D eigenvalue weighted by Crippen LogP contribution is 2.29. The molecule has 19 heavy (non-hydrogen) atoms. The fourth-order valence-electron chi connectivity index (χ4n) is 3.52. The summed E-state index contributed by atoms with van der Waals surface area (Å²) in [7, 11) is 0. The van der Waals surface area contributed by atoms with Crippen molar-refractivity contribution in [2.45, 2.75) is 70.6 Å². The molecule has 0 saturated carbocycles. The summed E-state index contributed by atoms with van der Waals surface area (Å²) >= 11 is 0. The van der Waals surface area contributed by atoms with Gasteiger partial charge >= 0.3 is 0 Å². The molecule has 1 aromatic rings. The molecular formula is C16H27N3. The molecule has 0 amide bonds. The van der Waals surface area contributed by atoms with Gasteiger partial charge in [-0.3, -0.25) is 4.98 Å². The molecule has 3 heteroatoms. The van der Waals surface area contributed by atoms with Gasteiger partial charge in [0.1, 0.15) is 0 Å². The Morgan fingerprint density at radius 1 is 1.26 bits per heavy atom. The second-order valence-corrected chi connectivity index (χ2v) is 7.17. The van der Waals surface area contributed by atoms with Crippen LogP contribution in [0.4, 0.5) is 0 Å². The number of piperidine rings is 1. The van der Waals surface area contributed by atoms with Gasteiger partial charge in [0.2, 0.25) is 0 Å². The third-order valence-electron chi connectivity index (χ3n) is 3.86. The number of pyridine rings is 1. The predicted octanol–water partition coefficient (Wildman–Crippen LogP) is 3.04. The van der Waals surface area contributed by atoms with E-state index in [4.69, 9.17) is 0 Å². The van der Waals surface area contributed by atoms with Crippen LogP contribution in [0.3, 0.4) is 0 Å². The number of rotatable bonds is 3. The molecule has 0 aliphatic carbocycles. The van der Waals surface area contributed by atoms with Crippen LogP contribution in [0.1, 0.15) is 59.1 Å². The van der Waals surface area contributed by atoms with E-state index in [9.17, 15) is 0 Å². The predicted molar refractivity (Wildman–Crippen MR) is 80.1 cm³/mol. The molecule has 1 aliphatic heterocycles. The van der Waals surface area contributed by atoms with Crippen LogP contribution >= 0.6 is 0 Å². The van der Waals surface area contributed by atoms with Crippen LogP contribution in [-0.2, 0) is 0 Å². The molecule has 0 aromatic carbocycles. The van der Waals surface area contributed by atoms with Gasteiger partial charge in [-0.1, -0.05) is 6.07 Å². The van der Waals surface area contributed by atoms with Gasteiger partial charge in [0.25, 0.3) is 0 Å². The molecule has 0 radical (unpaired) electrons. The Bertz CT molecular complexity index is 395. The first-order valence-corrected chi connectivity index (χ1v) is 7.23. The lowest BCUT2D eigenvalue weighted by Gasteiger charge is -2.47. The highest BCUT2D eigenvalue weighted by atomic mass is 15.1. The maximum absolute atomic E-state index is 4.20. The molecular weight excluding hydrogens is 234 g/mol. The van der Waals surface area contributed by atoms with Gasteiger partial charge in [-0.15, -0.1) is 0 Å². The molecule has 3 nitrogen and oxygen atoms in total. The first-order valence-electron chi connectivity index (χ1n) is 7.23. The van der Waals surface area contributed by atoms with Crippen LogP contribution < -0.4 is 10.6 Å². The van der Waals surface area contributed by atoms with E-state index in [2.05, 4.69) is 56.3 Å². The Hall–Kier alpha value is -0.930. The molecule has 1 aromatic heterocycles.